The van der Waals surface area contributed by atoms with Crippen molar-refractivity contribution < 1.29 is 33.7 Å². The predicted octanol–water partition coefficient (Wildman–Crippen LogP) is 4.13. The van der Waals surface area contributed by atoms with Gasteiger partial charge in [-0.15, -0.1) is 0 Å². The molecule has 0 saturated carbocycles. The molecular formula is C28H36N2O7. The molecule has 0 bridgehead atoms. The van der Waals surface area contributed by atoms with Crippen molar-refractivity contribution >= 4 is 18.1 Å². The Morgan fingerprint density at radius 2 is 1.78 bits per heavy atom. The number of amides is 3. The van der Waals surface area contributed by atoms with Crippen LogP contribution >= 0.6 is 0 Å². The Morgan fingerprint density at radius 1 is 1.11 bits per heavy atom. The van der Waals surface area contributed by atoms with Gasteiger partial charge in [-0.05, 0) is 57.7 Å². The third-order valence-electron chi connectivity index (χ3n) is 5.59. The number of ether oxygens (including phenoxy) is 3. The second-order valence-corrected chi connectivity index (χ2v) is 10.3. The number of alkyl carbamates (subject to hydrolysis) is 1. The molecule has 0 unspecified atom stereocenters. The highest BCUT2D eigenvalue weighted by Crippen LogP contribution is 2.27. The molecule has 9 nitrogen and oxygen atoms in total. The fraction of sp³-hybridized carbons (Fsp3) is 0.464. The van der Waals surface area contributed by atoms with E-state index in [2.05, 4.69) is 5.32 Å². The smallest absolute Gasteiger partial charge is 0.417 e. The fourth-order valence-corrected chi connectivity index (χ4v) is 4.02. The molecule has 0 aromatic heterocycles. The van der Waals surface area contributed by atoms with E-state index in [1.54, 1.807) is 58.9 Å². The highest BCUT2D eigenvalue weighted by Gasteiger charge is 2.44. The number of hydrogen-bond acceptors (Lipinski definition) is 7. The Morgan fingerprint density at radius 3 is 2.43 bits per heavy atom. The third kappa shape index (κ3) is 8.03. The fourth-order valence-electron chi connectivity index (χ4n) is 4.02. The molecule has 1 fully saturated rings. The van der Waals surface area contributed by atoms with Gasteiger partial charge < -0.3 is 24.6 Å². The van der Waals surface area contributed by atoms with Crippen LogP contribution in [0.1, 0.15) is 57.4 Å². The van der Waals surface area contributed by atoms with Crippen LogP contribution in [0, 0.1) is 0 Å². The molecule has 2 aromatic carbocycles. The number of rotatable bonds is 9. The number of aliphatic hydroxyl groups excluding tert-OH is 1. The summed E-state index contributed by atoms with van der Waals surface area (Å²) < 4.78 is 16.3. The minimum atomic E-state index is -1.36. The summed E-state index contributed by atoms with van der Waals surface area (Å²) in [6, 6.07) is 15.8. The van der Waals surface area contributed by atoms with Crippen molar-refractivity contribution in [1.29, 1.82) is 0 Å². The first-order valence-corrected chi connectivity index (χ1v) is 12.4. The van der Waals surface area contributed by atoms with Gasteiger partial charge in [0.1, 0.15) is 18.3 Å². The van der Waals surface area contributed by atoms with E-state index >= 15 is 0 Å². The van der Waals surface area contributed by atoms with Gasteiger partial charge in [0.25, 0.3) is 5.91 Å². The molecule has 200 valence electrons. The third-order valence-corrected chi connectivity index (χ3v) is 5.59. The topological polar surface area (TPSA) is 114 Å². The predicted molar refractivity (Wildman–Crippen MR) is 137 cm³/mol. The molecule has 2 aromatic rings. The summed E-state index contributed by atoms with van der Waals surface area (Å²) in [5, 5.41) is 13.9. The Balaban J connectivity index is 1.77. The molecule has 9 heteroatoms. The molecule has 1 aliphatic rings. The summed E-state index contributed by atoms with van der Waals surface area (Å²) in [7, 11) is 0. The summed E-state index contributed by atoms with van der Waals surface area (Å²) in [5.41, 5.74) is 1.44. The molecule has 0 aliphatic carbocycles. The van der Waals surface area contributed by atoms with Crippen LogP contribution in [0.2, 0.25) is 0 Å². The molecule has 0 radical (unpaired) electrons. The van der Waals surface area contributed by atoms with Gasteiger partial charge in [-0.2, -0.15) is 0 Å². The number of carbonyl (C=O) groups is 3. The van der Waals surface area contributed by atoms with Gasteiger partial charge in [0.05, 0.1) is 12.1 Å². The first kappa shape index (κ1) is 28.1. The molecule has 3 rings (SSSR count). The molecule has 2 N–H and O–H groups in total. The van der Waals surface area contributed by atoms with Gasteiger partial charge >= 0.3 is 12.2 Å². The molecule has 1 heterocycles. The summed E-state index contributed by atoms with van der Waals surface area (Å²) in [6.45, 7) is 9.05. The van der Waals surface area contributed by atoms with E-state index in [0.717, 1.165) is 10.5 Å². The quantitative estimate of drug-likeness (QED) is 0.519. The zero-order valence-corrected chi connectivity index (χ0v) is 22.0. The molecule has 3 atom stereocenters. The highest BCUT2D eigenvalue weighted by molar-refractivity contribution is 5.96. The zero-order valence-electron chi connectivity index (χ0n) is 22.0. The number of carbonyl (C=O) groups excluding carboxylic acids is 3. The normalized spacial score (nSPS) is 17.3. The second kappa shape index (κ2) is 12.2. The number of nitrogens with one attached hydrogen (secondary N) is 1. The van der Waals surface area contributed by atoms with Gasteiger partial charge in [-0.25, -0.2) is 14.5 Å². The molecule has 1 saturated heterocycles. The van der Waals surface area contributed by atoms with Crippen LogP contribution in [0.4, 0.5) is 9.59 Å². The average molecular weight is 513 g/mol. The van der Waals surface area contributed by atoms with Crippen LogP contribution in [0.5, 0.6) is 0 Å². The number of benzene rings is 2. The summed E-state index contributed by atoms with van der Waals surface area (Å²) >= 11 is 0. The highest BCUT2D eigenvalue weighted by atomic mass is 16.6. The Labute approximate surface area is 217 Å². The van der Waals surface area contributed by atoms with Gasteiger partial charge in [-0.3, -0.25) is 4.79 Å². The molecular weight excluding hydrogens is 476 g/mol. The monoisotopic (exact) mass is 512 g/mol. The van der Waals surface area contributed by atoms with Crippen molar-refractivity contribution in [2.24, 2.45) is 0 Å². The van der Waals surface area contributed by atoms with E-state index in [1.807, 2.05) is 30.3 Å². The first-order chi connectivity index (χ1) is 17.4. The van der Waals surface area contributed by atoms with E-state index in [4.69, 9.17) is 14.2 Å². The Bertz CT molecular complexity index is 1080. The van der Waals surface area contributed by atoms with Crippen LogP contribution in [0.3, 0.4) is 0 Å². The Hall–Kier alpha value is -3.43. The lowest BCUT2D eigenvalue weighted by Crippen LogP contribution is -2.49. The molecule has 37 heavy (non-hydrogen) atoms. The van der Waals surface area contributed by atoms with Crippen LogP contribution < -0.4 is 5.32 Å². The largest absolute Gasteiger partial charge is 0.447 e. The average Bonchev–Trinajstić information content (AvgIpc) is 3.19. The van der Waals surface area contributed by atoms with Crippen LogP contribution in [-0.2, 0) is 32.0 Å². The van der Waals surface area contributed by atoms with Crippen molar-refractivity contribution in [3.05, 3.63) is 71.3 Å². The lowest BCUT2D eigenvalue weighted by atomic mass is 9.99. The van der Waals surface area contributed by atoms with Crippen molar-refractivity contribution in [1.82, 2.24) is 10.2 Å². The van der Waals surface area contributed by atoms with E-state index in [1.165, 1.54) is 0 Å². The van der Waals surface area contributed by atoms with Gasteiger partial charge in [0.2, 0.25) is 0 Å². The first-order valence-electron chi connectivity index (χ1n) is 12.4. The van der Waals surface area contributed by atoms with Crippen molar-refractivity contribution in [3.63, 3.8) is 0 Å². The van der Waals surface area contributed by atoms with Crippen LogP contribution in [0.15, 0.2) is 54.6 Å². The van der Waals surface area contributed by atoms with Crippen molar-refractivity contribution in [3.8, 4) is 0 Å². The molecule has 0 spiro atoms. The van der Waals surface area contributed by atoms with Gasteiger partial charge in [0.15, 0.2) is 6.10 Å². The maximum atomic E-state index is 13.6. The maximum absolute atomic E-state index is 13.6. The summed E-state index contributed by atoms with van der Waals surface area (Å²) in [6.07, 6.45) is -3.99. The van der Waals surface area contributed by atoms with E-state index in [0.29, 0.717) is 17.5 Å². The minimum Gasteiger partial charge on any atom is -0.447 e. The van der Waals surface area contributed by atoms with Crippen LogP contribution in [0.25, 0.3) is 0 Å². The number of cyclic esters (lactones) is 1. The Kier molecular flexibility index (Phi) is 9.29. The number of aliphatic hydroxyl groups is 1. The number of imide groups is 1. The summed E-state index contributed by atoms with van der Waals surface area (Å²) in [5.74, 6) is -0.665. The lowest BCUT2D eigenvalue weighted by Gasteiger charge is -2.29. The maximum Gasteiger partial charge on any atom is 0.417 e. The summed E-state index contributed by atoms with van der Waals surface area (Å²) in [4.78, 5) is 39.2. The van der Waals surface area contributed by atoms with E-state index in [9.17, 15) is 19.5 Å². The van der Waals surface area contributed by atoms with Crippen molar-refractivity contribution in [2.45, 2.75) is 77.5 Å². The second-order valence-electron chi connectivity index (χ2n) is 10.3. The van der Waals surface area contributed by atoms with Gasteiger partial charge in [0, 0.05) is 6.54 Å². The SMILES string of the molecule is CC(C)O[C@H](C(=O)N1C(=O)OC[C@@H]1Cc1ccccc1)[C@H](O)c1cccc(CNC(=O)OC(C)(C)C)c1. The van der Waals surface area contributed by atoms with Crippen LogP contribution in [-0.4, -0.2) is 58.6 Å². The van der Waals surface area contributed by atoms with Gasteiger partial charge in [-0.1, -0.05) is 54.6 Å². The van der Waals surface area contributed by atoms with Crippen molar-refractivity contribution in [2.75, 3.05) is 6.61 Å². The van der Waals surface area contributed by atoms with E-state index < -0.39 is 48.0 Å². The lowest BCUT2D eigenvalue weighted by molar-refractivity contribution is -0.154. The van der Waals surface area contributed by atoms with E-state index in [-0.39, 0.29) is 13.2 Å². The molecule has 3 amide bonds. The minimum absolute atomic E-state index is 0.0653. The standard InChI is InChI=1S/C28H36N2O7/c1-18(2)36-24(25(32)30-22(17-35-27(30)34)15-19-10-7-6-8-11-19)23(31)21-13-9-12-20(14-21)16-29-26(33)37-28(3,4)5/h6-14,18,22-24,31H,15-17H2,1-5H3,(H,29,33)/t22-,23+,24-/m0/s1. The number of hydrogen-bond donors (Lipinski definition) is 2. The molecule has 1 aliphatic heterocycles. The zero-order chi connectivity index (χ0) is 27.2. The number of nitrogens with zero attached hydrogens (tertiary/aromatic N) is 1.